The van der Waals surface area contributed by atoms with E-state index in [1.54, 1.807) is 30.3 Å². The summed E-state index contributed by atoms with van der Waals surface area (Å²) in [5.74, 6) is 0.871. The maximum atomic E-state index is 12.6. The van der Waals surface area contributed by atoms with Crippen LogP contribution in [0.3, 0.4) is 0 Å². The Morgan fingerprint density at radius 3 is 2.23 bits per heavy atom. The molecule has 1 saturated heterocycles. The molecule has 9 heteroatoms. The minimum atomic E-state index is -3.76. The van der Waals surface area contributed by atoms with Gasteiger partial charge in [-0.15, -0.1) is 10.2 Å². The molecule has 0 atom stereocenters. The standard InChI is InChI=1S/C21H22ClN5O2S/c1-26-12-14-27(15-13-26)21-11-10-19(23-24-21)16-6-8-17(9-7-16)25-30(28,29)20-5-3-2-4-18(20)22/h2-11,25H,12-15H2,1H3. The number of nitrogens with one attached hydrogen (secondary N) is 1. The number of hydrogen-bond donors (Lipinski definition) is 1. The maximum Gasteiger partial charge on any atom is 0.263 e. The molecule has 1 N–H and O–H groups in total. The highest BCUT2D eigenvalue weighted by molar-refractivity contribution is 7.92. The lowest BCUT2D eigenvalue weighted by Gasteiger charge is -2.32. The molecule has 0 unspecified atom stereocenters. The molecule has 0 spiro atoms. The fourth-order valence-corrected chi connectivity index (χ4v) is 4.84. The summed E-state index contributed by atoms with van der Waals surface area (Å²) in [4.78, 5) is 4.56. The number of sulfonamides is 1. The van der Waals surface area contributed by atoms with Gasteiger partial charge in [0.25, 0.3) is 10.0 Å². The smallest absolute Gasteiger partial charge is 0.263 e. The first-order chi connectivity index (χ1) is 14.4. The highest BCUT2D eigenvalue weighted by atomic mass is 35.5. The number of benzene rings is 2. The van der Waals surface area contributed by atoms with Crippen LogP contribution in [0.2, 0.25) is 5.02 Å². The Morgan fingerprint density at radius 2 is 1.60 bits per heavy atom. The molecule has 0 saturated carbocycles. The van der Waals surface area contributed by atoms with E-state index >= 15 is 0 Å². The van der Waals surface area contributed by atoms with Crippen molar-refractivity contribution in [2.75, 3.05) is 42.8 Å². The second-order valence-corrected chi connectivity index (χ2v) is 9.24. The summed E-state index contributed by atoms with van der Waals surface area (Å²) in [6.07, 6.45) is 0. The summed E-state index contributed by atoms with van der Waals surface area (Å²) in [7, 11) is -1.65. The van der Waals surface area contributed by atoms with Gasteiger partial charge in [0.15, 0.2) is 5.82 Å². The van der Waals surface area contributed by atoms with Crippen LogP contribution in [0, 0.1) is 0 Å². The number of nitrogens with zero attached hydrogens (tertiary/aromatic N) is 4. The van der Waals surface area contributed by atoms with Gasteiger partial charge in [-0.3, -0.25) is 4.72 Å². The quantitative estimate of drug-likeness (QED) is 0.651. The van der Waals surface area contributed by atoms with E-state index in [0.717, 1.165) is 43.3 Å². The normalized spacial score (nSPS) is 15.2. The lowest BCUT2D eigenvalue weighted by Crippen LogP contribution is -2.44. The lowest BCUT2D eigenvalue weighted by atomic mass is 10.1. The van der Waals surface area contributed by atoms with Crippen LogP contribution in [0.15, 0.2) is 65.6 Å². The highest BCUT2D eigenvalue weighted by Gasteiger charge is 2.18. The van der Waals surface area contributed by atoms with Gasteiger partial charge >= 0.3 is 0 Å². The zero-order chi connectivity index (χ0) is 21.1. The Hall–Kier alpha value is -2.68. The average molecular weight is 444 g/mol. The second-order valence-electron chi connectivity index (χ2n) is 7.18. The van der Waals surface area contributed by atoms with E-state index in [0.29, 0.717) is 5.69 Å². The molecule has 30 heavy (non-hydrogen) atoms. The van der Waals surface area contributed by atoms with Gasteiger partial charge in [0.2, 0.25) is 0 Å². The van der Waals surface area contributed by atoms with E-state index in [1.807, 2.05) is 24.3 Å². The molecule has 0 amide bonds. The van der Waals surface area contributed by atoms with Crippen LogP contribution in [0.5, 0.6) is 0 Å². The van der Waals surface area contributed by atoms with Crippen LogP contribution >= 0.6 is 11.6 Å². The van der Waals surface area contributed by atoms with Crippen molar-refractivity contribution < 1.29 is 8.42 Å². The molecule has 2 aromatic carbocycles. The number of halogens is 1. The summed E-state index contributed by atoms with van der Waals surface area (Å²) in [6.45, 7) is 3.89. The Kier molecular flexibility index (Phi) is 5.90. The summed E-state index contributed by atoms with van der Waals surface area (Å²) in [6, 6.07) is 17.2. The van der Waals surface area contributed by atoms with Crippen molar-refractivity contribution in [3.8, 4) is 11.3 Å². The zero-order valence-corrected chi connectivity index (χ0v) is 18.1. The Balaban J connectivity index is 1.46. The number of piperazine rings is 1. The number of likely N-dealkylation sites (N-methyl/N-ethyl adjacent to an activating group) is 1. The maximum absolute atomic E-state index is 12.6. The molecule has 1 aromatic heterocycles. The van der Waals surface area contributed by atoms with Gasteiger partial charge in [-0.25, -0.2) is 8.42 Å². The van der Waals surface area contributed by atoms with Crippen LogP contribution in [0.1, 0.15) is 0 Å². The van der Waals surface area contributed by atoms with E-state index in [1.165, 1.54) is 6.07 Å². The monoisotopic (exact) mass is 443 g/mol. The Bertz CT molecular complexity index is 1110. The van der Waals surface area contributed by atoms with Crippen molar-refractivity contribution in [3.05, 3.63) is 65.7 Å². The number of aromatic nitrogens is 2. The summed E-state index contributed by atoms with van der Waals surface area (Å²) in [5.41, 5.74) is 2.03. The molecular weight excluding hydrogens is 422 g/mol. The largest absolute Gasteiger partial charge is 0.353 e. The van der Waals surface area contributed by atoms with Crippen LogP contribution in [0.4, 0.5) is 11.5 Å². The fourth-order valence-electron chi connectivity index (χ4n) is 3.27. The van der Waals surface area contributed by atoms with Crippen molar-refractivity contribution in [2.24, 2.45) is 0 Å². The first-order valence-corrected chi connectivity index (χ1v) is 11.4. The van der Waals surface area contributed by atoms with Crippen LogP contribution in [0.25, 0.3) is 11.3 Å². The third kappa shape index (κ3) is 4.56. The summed E-state index contributed by atoms with van der Waals surface area (Å²) in [5, 5.41) is 8.89. The van der Waals surface area contributed by atoms with Gasteiger partial charge in [0.05, 0.1) is 10.7 Å². The first-order valence-electron chi connectivity index (χ1n) is 9.57. The predicted octanol–water partition coefficient (Wildman–Crippen LogP) is 3.35. The third-order valence-corrected chi connectivity index (χ3v) is 6.92. The number of hydrogen-bond acceptors (Lipinski definition) is 6. The lowest BCUT2D eigenvalue weighted by molar-refractivity contribution is 0.312. The van der Waals surface area contributed by atoms with Crippen molar-refractivity contribution in [1.82, 2.24) is 15.1 Å². The van der Waals surface area contributed by atoms with E-state index in [2.05, 4.69) is 31.8 Å². The van der Waals surface area contributed by atoms with Crippen LogP contribution in [-0.2, 0) is 10.0 Å². The second kappa shape index (κ2) is 8.59. The molecule has 4 rings (SSSR count). The van der Waals surface area contributed by atoms with Gasteiger partial charge in [0.1, 0.15) is 4.90 Å². The number of rotatable bonds is 5. The topological polar surface area (TPSA) is 78.4 Å². The van der Waals surface area contributed by atoms with Crippen LogP contribution in [-0.4, -0.2) is 56.7 Å². The summed E-state index contributed by atoms with van der Waals surface area (Å²) >= 11 is 6.02. The van der Waals surface area contributed by atoms with Crippen molar-refractivity contribution in [1.29, 1.82) is 0 Å². The van der Waals surface area contributed by atoms with Crippen molar-refractivity contribution in [2.45, 2.75) is 4.90 Å². The van der Waals surface area contributed by atoms with Gasteiger partial charge in [-0.1, -0.05) is 35.9 Å². The molecule has 1 aliphatic rings. The van der Waals surface area contributed by atoms with Gasteiger partial charge in [0, 0.05) is 37.4 Å². The molecule has 2 heterocycles. The third-order valence-electron chi connectivity index (χ3n) is 5.04. The van der Waals surface area contributed by atoms with E-state index in [4.69, 9.17) is 11.6 Å². The minimum absolute atomic E-state index is 0.0427. The molecule has 0 radical (unpaired) electrons. The van der Waals surface area contributed by atoms with Crippen molar-refractivity contribution >= 4 is 33.1 Å². The zero-order valence-electron chi connectivity index (χ0n) is 16.5. The minimum Gasteiger partial charge on any atom is -0.353 e. The van der Waals surface area contributed by atoms with Crippen molar-refractivity contribution in [3.63, 3.8) is 0 Å². The van der Waals surface area contributed by atoms with Gasteiger partial charge in [-0.2, -0.15) is 0 Å². The Morgan fingerprint density at radius 1 is 0.900 bits per heavy atom. The summed E-state index contributed by atoms with van der Waals surface area (Å²) < 4.78 is 27.7. The Labute approximate surface area is 181 Å². The van der Waals surface area contributed by atoms with E-state index in [-0.39, 0.29) is 9.92 Å². The molecule has 7 nitrogen and oxygen atoms in total. The molecule has 3 aromatic rings. The molecule has 156 valence electrons. The fraction of sp³-hybridized carbons (Fsp3) is 0.238. The molecule has 1 aliphatic heterocycles. The molecule has 0 bridgehead atoms. The SMILES string of the molecule is CN1CCN(c2ccc(-c3ccc(NS(=O)(=O)c4ccccc4Cl)cc3)nn2)CC1. The first kappa shape index (κ1) is 20.6. The molecule has 0 aliphatic carbocycles. The average Bonchev–Trinajstić information content (AvgIpc) is 2.75. The van der Waals surface area contributed by atoms with Gasteiger partial charge in [-0.05, 0) is 43.4 Å². The van der Waals surface area contributed by atoms with Crippen LogP contribution < -0.4 is 9.62 Å². The molecule has 1 fully saturated rings. The number of anilines is 2. The molecular formula is C21H22ClN5O2S. The van der Waals surface area contributed by atoms with E-state index in [9.17, 15) is 8.42 Å². The van der Waals surface area contributed by atoms with Gasteiger partial charge < -0.3 is 9.80 Å². The van der Waals surface area contributed by atoms with E-state index < -0.39 is 10.0 Å². The highest BCUT2D eigenvalue weighted by Crippen LogP contribution is 2.25. The predicted molar refractivity (Wildman–Crippen MR) is 119 cm³/mol.